The fourth-order valence-corrected chi connectivity index (χ4v) is 1.97. The fraction of sp³-hybridized carbons (Fsp3) is 0.500. The van der Waals surface area contributed by atoms with Crippen LogP contribution in [0.5, 0.6) is 5.75 Å². The molecule has 0 spiro atoms. The molecule has 1 aromatic carbocycles. The fourth-order valence-electron chi connectivity index (χ4n) is 1.80. The van der Waals surface area contributed by atoms with E-state index in [0.29, 0.717) is 11.6 Å². The molecule has 0 aliphatic carbocycles. The predicted octanol–water partition coefficient (Wildman–Crippen LogP) is 1.40. The van der Waals surface area contributed by atoms with Gasteiger partial charge in [-0.1, -0.05) is 31.3 Å². The van der Waals surface area contributed by atoms with Gasteiger partial charge in [-0.3, -0.25) is 0 Å². The van der Waals surface area contributed by atoms with E-state index in [-0.39, 0.29) is 6.61 Å². The molecular weight excluding hydrogens is 260 g/mol. The summed E-state index contributed by atoms with van der Waals surface area (Å²) in [6, 6.07) is 7.53. The molecule has 106 valence electrons. The van der Waals surface area contributed by atoms with E-state index in [1.54, 1.807) is 0 Å². The number of likely N-dealkylation sites (N-methyl/N-ethyl adjacent to an activating group) is 1. The van der Waals surface area contributed by atoms with Gasteiger partial charge in [-0.15, -0.1) is 0 Å². The highest BCUT2D eigenvalue weighted by Gasteiger charge is 2.06. The van der Waals surface area contributed by atoms with Gasteiger partial charge in [0.1, 0.15) is 17.3 Å². The summed E-state index contributed by atoms with van der Waals surface area (Å²) in [7, 11) is 0. The van der Waals surface area contributed by atoms with Gasteiger partial charge in [0.2, 0.25) is 0 Å². The monoisotopic (exact) mass is 282 g/mol. The summed E-state index contributed by atoms with van der Waals surface area (Å²) < 4.78 is 5.74. The van der Waals surface area contributed by atoms with Crippen LogP contribution < -0.4 is 10.5 Å². The normalized spacial score (nSPS) is 10.7. The van der Waals surface area contributed by atoms with Crippen molar-refractivity contribution in [2.75, 3.05) is 32.8 Å². The number of ether oxygens (including phenoxy) is 1. The number of hydrogen-bond donors (Lipinski definition) is 2. The van der Waals surface area contributed by atoms with E-state index >= 15 is 0 Å². The third-order valence-electron chi connectivity index (χ3n) is 2.90. The molecule has 5 heteroatoms. The Morgan fingerprint density at radius 2 is 2.11 bits per heavy atom. The van der Waals surface area contributed by atoms with E-state index in [1.165, 1.54) is 0 Å². The molecule has 0 unspecified atom stereocenters. The van der Waals surface area contributed by atoms with Gasteiger partial charge < -0.3 is 20.5 Å². The zero-order valence-electron chi connectivity index (χ0n) is 11.3. The molecule has 19 heavy (non-hydrogen) atoms. The lowest BCUT2D eigenvalue weighted by atomic mass is 10.2. The van der Waals surface area contributed by atoms with Crippen LogP contribution in [0.15, 0.2) is 24.3 Å². The van der Waals surface area contributed by atoms with E-state index in [4.69, 9.17) is 27.8 Å². The Hall–Kier alpha value is -1.17. The van der Waals surface area contributed by atoms with Gasteiger partial charge in [0.15, 0.2) is 0 Å². The number of rotatable bonds is 9. The van der Waals surface area contributed by atoms with E-state index in [9.17, 15) is 0 Å². The van der Waals surface area contributed by atoms with Gasteiger partial charge in [-0.2, -0.15) is 0 Å². The summed E-state index contributed by atoms with van der Waals surface area (Å²) in [6.07, 6.45) is 0.789. The first-order valence-corrected chi connectivity index (χ1v) is 6.94. The van der Waals surface area contributed by atoms with Crippen molar-refractivity contribution in [3.63, 3.8) is 0 Å². The first kappa shape index (κ1) is 15.9. The second kappa shape index (κ2) is 8.85. The van der Waals surface area contributed by atoms with Crippen molar-refractivity contribution in [1.82, 2.24) is 4.90 Å². The van der Waals surface area contributed by atoms with Gasteiger partial charge in [0, 0.05) is 19.7 Å². The molecule has 0 aliphatic heterocycles. The van der Waals surface area contributed by atoms with Gasteiger partial charge in [0.25, 0.3) is 0 Å². The number of para-hydroxylation sites is 1. The molecule has 4 nitrogen and oxygen atoms in total. The minimum Gasteiger partial charge on any atom is -0.492 e. The van der Waals surface area contributed by atoms with Crippen LogP contribution in [0, 0.1) is 0 Å². The standard InChI is InChI=1S/C14H22N2O2S/c1-2-16(8-5-10-17)9-11-18-13-7-4-3-6-12(13)14(15)19/h3-4,6-7,17H,2,5,8-11H2,1H3,(H2,15,19). The van der Waals surface area contributed by atoms with Crippen LogP contribution in [0.25, 0.3) is 0 Å². The molecule has 0 saturated carbocycles. The van der Waals surface area contributed by atoms with E-state index < -0.39 is 0 Å². The molecular formula is C14H22N2O2S. The lowest BCUT2D eigenvalue weighted by molar-refractivity contribution is 0.195. The Bertz CT molecular complexity index is 399. The van der Waals surface area contributed by atoms with Crippen LogP contribution in [0.3, 0.4) is 0 Å². The highest BCUT2D eigenvalue weighted by atomic mass is 32.1. The first-order valence-electron chi connectivity index (χ1n) is 6.53. The molecule has 0 atom stereocenters. The minimum absolute atomic E-state index is 0.224. The van der Waals surface area contributed by atoms with Crippen LogP contribution in [0.1, 0.15) is 18.9 Å². The van der Waals surface area contributed by atoms with Gasteiger partial charge >= 0.3 is 0 Å². The van der Waals surface area contributed by atoms with Gasteiger partial charge in [-0.25, -0.2) is 0 Å². The summed E-state index contributed by atoms with van der Waals surface area (Å²) in [5.74, 6) is 0.730. The number of nitrogens with two attached hydrogens (primary N) is 1. The Morgan fingerprint density at radius 3 is 2.74 bits per heavy atom. The molecule has 3 N–H and O–H groups in total. The molecule has 0 bridgehead atoms. The highest BCUT2D eigenvalue weighted by Crippen LogP contribution is 2.17. The van der Waals surface area contributed by atoms with E-state index in [0.717, 1.165) is 37.4 Å². The summed E-state index contributed by atoms with van der Waals surface area (Å²) in [5.41, 5.74) is 6.43. The second-order valence-corrected chi connectivity index (χ2v) is 4.66. The van der Waals surface area contributed by atoms with E-state index in [1.807, 2.05) is 24.3 Å². The zero-order valence-corrected chi connectivity index (χ0v) is 12.2. The van der Waals surface area contributed by atoms with Crippen molar-refractivity contribution in [2.24, 2.45) is 5.73 Å². The van der Waals surface area contributed by atoms with Crippen LogP contribution in [-0.2, 0) is 0 Å². The van der Waals surface area contributed by atoms with Crippen molar-refractivity contribution in [3.05, 3.63) is 29.8 Å². The third kappa shape index (κ3) is 5.55. The predicted molar refractivity (Wildman–Crippen MR) is 81.6 cm³/mol. The van der Waals surface area contributed by atoms with Crippen LogP contribution in [0.2, 0.25) is 0 Å². The SMILES string of the molecule is CCN(CCCO)CCOc1ccccc1C(N)=S. The average molecular weight is 282 g/mol. The lowest BCUT2D eigenvalue weighted by Crippen LogP contribution is -2.30. The Morgan fingerprint density at radius 1 is 1.37 bits per heavy atom. The maximum absolute atomic E-state index is 8.83. The largest absolute Gasteiger partial charge is 0.492 e. The second-order valence-electron chi connectivity index (χ2n) is 4.22. The molecule has 1 aromatic rings. The molecule has 0 amide bonds. The molecule has 0 radical (unpaired) electrons. The van der Waals surface area contributed by atoms with Crippen molar-refractivity contribution in [3.8, 4) is 5.75 Å². The Labute approximate surface area is 120 Å². The Balaban J connectivity index is 2.46. The van der Waals surface area contributed by atoms with E-state index in [2.05, 4.69) is 11.8 Å². The summed E-state index contributed by atoms with van der Waals surface area (Å²) in [5, 5.41) is 8.83. The lowest BCUT2D eigenvalue weighted by Gasteiger charge is -2.20. The maximum atomic E-state index is 8.83. The number of aliphatic hydroxyl groups is 1. The number of benzene rings is 1. The summed E-state index contributed by atoms with van der Waals surface area (Å²) in [6.45, 7) is 5.55. The zero-order chi connectivity index (χ0) is 14.1. The molecule has 1 rings (SSSR count). The summed E-state index contributed by atoms with van der Waals surface area (Å²) >= 11 is 4.99. The highest BCUT2D eigenvalue weighted by molar-refractivity contribution is 7.80. The quantitative estimate of drug-likeness (QED) is 0.671. The molecule has 0 heterocycles. The smallest absolute Gasteiger partial charge is 0.129 e. The van der Waals surface area contributed by atoms with Gasteiger partial charge in [-0.05, 0) is 25.1 Å². The Kier molecular flexibility index (Phi) is 7.40. The first-order chi connectivity index (χ1) is 9.19. The van der Waals surface area contributed by atoms with Crippen molar-refractivity contribution < 1.29 is 9.84 Å². The average Bonchev–Trinajstić information content (AvgIpc) is 2.43. The van der Waals surface area contributed by atoms with Crippen LogP contribution in [-0.4, -0.2) is 47.8 Å². The topological polar surface area (TPSA) is 58.7 Å². The van der Waals surface area contributed by atoms with Crippen molar-refractivity contribution in [1.29, 1.82) is 0 Å². The summed E-state index contributed by atoms with van der Waals surface area (Å²) in [4.78, 5) is 2.59. The minimum atomic E-state index is 0.224. The van der Waals surface area contributed by atoms with Crippen LogP contribution in [0.4, 0.5) is 0 Å². The number of aliphatic hydroxyl groups excluding tert-OH is 1. The van der Waals surface area contributed by atoms with Crippen molar-refractivity contribution >= 4 is 17.2 Å². The number of thiocarbonyl (C=S) groups is 1. The van der Waals surface area contributed by atoms with Gasteiger partial charge in [0.05, 0.1) is 5.56 Å². The van der Waals surface area contributed by atoms with Crippen molar-refractivity contribution in [2.45, 2.75) is 13.3 Å². The molecule has 0 aliphatic rings. The maximum Gasteiger partial charge on any atom is 0.129 e. The number of hydrogen-bond acceptors (Lipinski definition) is 4. The molecule has 0 aromatic heterocycles. The molecule has 0 saturated heterocycles. The molecule has 0 fully saturated rings. The number of nitrogens with zero attached hydrogens (tertiary/aromatic N) is 1. The third-order valence-corrected chi connectivity index (χ3v) is 3.12. The van der Waals surface area contributed by atoms with Crippen LogP contribution >= 0.6 is 12.2 Å².